The maximum absolute atomic E-state index is 13.4. The van der Waals surface area contributed by atoms with Crippen molar-refractivity contribution in [3.63, 3.8) is 0 Å². The number of sulfone groups is 1. The van der Waals surface area contributed by atoms with Gasteiger partial charge < -0.3 is 10.1 Å². The molecule has 0 bridgehead atoms. The zero-order chi connectivity index (χ0) is 23.8. The van der Waals surface area contributed by atoms with Crippen molar-refractivity contribution < 1.29 is 31.9 Å². The van der Waals surface area contributed by atoms with Crippen molar-refractivity contribution in [2.75, 3.05) is 23.9 Å². The van der Waals surface area contributed by atoms with Gasteiger partial charge in [-0.3, -0.25) is 14.5 Å². The second-order valence-electron chi connectivity index (χ2n) is 7.12. The van der Waals surface area contributed by atoms with Gasteiger partial charge in [-0.05, 0) is 54.6 Å². The average molecular weight is 468 g/mol. The number of methoxy groups -OCH3 is 1. The first kappa shape index (κ1) is 22.2. The van der Waals surface area contributed by atoms with E-state index < -0.39 is 40.0 Å². The Morgan fingerprint density at radius 2 is 1.70 bits per heavy atom. The molecule has 3 aromatic carbocycles. The lowest BCUT2D eigenvalue weighted by molar-refractivity contribution is -0.114. The fourth-order valence-corrected chi connectivity index (χ4v) is 5.12. The van der Waals surface area contributed by atoms with E-state index in [0.717, 1.165) is 17.0 Å². The fourth-order valence-electron chi connectivity index (χ4n) is 3.49. The Kier molecular flexibility index (Phi) is 5.69. The number of benzene rings is 3. The zero-order valence-electron chi connectivity index (χ0n) is 17.2. The lowest BCUT2D eigenvalue weighted by atomic mass is 10.1. The lowest BCUT2D eigenvalue weighted by Gasteiger charge is -2.22. The Labute approximate surface area is 188 Å². The molecule has 1 N–H and O–H groups in total. The van der Waals surface area contributed by atoms with Crippen LogP contribution < -0.4 is 10.2 Å². The van der Waals surface area contributed by atoms with Gasteiger partial charge in [-0.2, -0.15) is 0 Å². The largest absolute Gasteiger partial charge is 0.465 e. The highest BCUT2D eigenvalue weighted by Crippen LogP contribution is 2.37. The SMILES string of the molecule is COC(=O)c1ccc2c(c1)N(CC(=O)Nc1ccc(F)cc1)C(=O)c1ccccc1S2(=O)=O. The first-order valence-corrected chi connectivity index (χ1v) is 11.1. The Balaban J connectivity index is 1.82. The molecule has 0 radical (unpaired) electrons. The summed E-state index contributed by atoms with van der Waals surface area (Å²) in [5.74, 6) is -2.60. The number of amides is 2. The summed E-state index contributed by atoms with van der Waals surface area (Å²) in [7, 11) is -2.97. The van der Waals surface area contributed by atoms with Crippen LogP contribution in [-0.4, -0.2) is 39.9 Å². The van der Waals surface area contributed by atoms with Gasteiger partial charge in [0.2, 0.25) is 15.7 Å². The zero-order valence-corrected chi connectivity index (χ0v) is 18.1. The number of nitrogens with one attached hydrogen (secondary N) is 1. The quantitative estimate of drug-likeness (QED) is 0.590. The predicted molar refractivity (Wildman–Crippen MR) is 116 cm³/mol. The van der Waals surface area contributed by atoms with E-state index in [9.17, 15) is 27.2 Å². The molecule has 4 rings (SSSR count). The summed E-state index contributed by atoms with van der Waals surface area (Å²) in [6.45, 7) is -0.558. The van der Waals surface area contributed by atoms with Crippen molar-refractivity contribution in [2.24, 2.45) is 0 Å². The van der Waals surface area contributed by atoms with E-state index in [0.29, 0.717) is 5.69 Å². The molecule has 0 aliphatic carbocycles. The number of hydrogen-bond acceptors (Lipinski definition) is 6. The number of rotatable bonds is 4. The third kappa shape index (κ3) is 4.08. The molecule has 168 valence electrons. The Morgan fingerprint density at radius 3 is 2.39 bits per heavy atom. The molecule has 0 aromatic heterocycles. The van der Waals surface area contributed by atoms with Crippen LogP contribution in [0.3, 0.4) is 0 Å². The Morgan fingerprint density at radius 1 is 1.00 bits per heavy atom. The normalized spacial score (nSPS) is 14.0. The number of ether oxygens (including phenoxy) is 1. The topological polar surface area (TPSA) is 110 Å². The van der Waals surface area contributed by atoms with E-state index in [1.54, 1.807) is 0 Å². The van der Waals surface area contributed by atoms with Crippen LogP contribution in [0, 0.1) is 5.82 Å². The highest BCUT2D eigenvalue weighted by atomic mass is 32.2. The molecular weight excluding hydrogens is 451 g/mol. The summed E-state index contributed by atoms with van der Waals surface area (Å²) >= 11 is 0. The van der Waals surface area contributed by atoms with Crippen molar-refractivity contribution >= 4 is 39.0 Å². The number of carbonyl (C=O) groups excluding carboxylic acids is 3. The summed E-state index contributed by atoms with van der Waals surface area (Å²) in [5.41, 5.74) is 0.0608. The first-order chi connectivity index (χ1) is 15.7. The molecule has 1 aliphatic rings. The third-order valence-corrected chi connectivity index (χ3v) is 6.90. The molecule has 8 nitrogen and oxygen atoms in total. The Hall–Kier alpha value is -4.05. The van der Waals surface area contributed by atoms with Crippen LogP contribution in [0.4, 0.5) is 15.8 Å². The molecule has 3 aromatic rings. The Bertz CT molecular complexity index is 1390. The predicted octanol–water partition coefficient (Wildman–Crippen LogP) is 3.04. The number of esters is 1. The van der Waals surface area contributed by atoms with Crippen molar-refractivity contribution in [3.05, 3.63) is 83.7 Å². The maximum atomic E-state index is 13.4. The minimum Gasteiger partial charge on any atom is -0.465 e. The van der Waals surface area contributed by atoms with Gasteiger partial charge in [0.25, 0.3) is 5.91 Å². The highest BCUT2D eigenvalue weighted by Gasteiger charge is 2.36. The molecule has 33 heavy (non-hydrogen) atoms. The van der Waals surface area contributed by atoms with Crippen molar-refractivity contribution in [3.8, 4) is 0 Å². The van der Waals surface area contributed by atoms with Crippen LogP contribution in [0.5, 0.6) is 0 Å². The summed E-state index contributed by atoms with van der Waals surface area (Å²) in [5, 5.41) is 2.54. The molecule has 0 spiro atoms. The number of nitrogens with zero attached hydrogens (tertiary/aromatic N) is 1. The number of halogens is 1. The van der Waals surface area contributed by atoms with Crippen molar-refractivity contribution in [1.29, 1.82) is 0 Å². The fraction of sp³-hybridized carbons (Fsp3) is 0.0870. The number of fused-ring (bicyclic) bond motifs is 2. The van der Waals surface area contributed by atoms with Crippen molar-refractivity contribution in [2.45, 2.75) is 9.79 Å². The van der Waals surface area contributed by atoms with Gasteiger partial charge in [-0.15, -0.1) is 0 Å². The average Bonchev–Trinajstić information content (AvgIpc) is 2.88. The van der Waals surface area contributed by atoms with E-state index in [4.69, 9.17) is 4.74 Å². The molecule has 0 saturated heterocycles. The van der Waals surface area contributed by atoms with E-state index >= 15 is 0 Å². The van der Waals surface area contributed by atoms with Gasteiger partial charge in [0.05, 0.1) is 33.7 Å². The number of hydrogen-bond donors (Lipinski definition) is 1. The van der Waals surface area contributed by atoms with E-state index in [1.807, 2.05) is 0 Å². The molecule has 0 saturated carbocycles. The lowest BCUT2D eigenvalue weighted by Crippen LogP contribution is -2.38. The van der Waals surface area contributed by atoms with Gasteiger partial charge in [0.1, 0.15) is 12.4 Å². The van der Waals surface area contributed by atoms with E-state index in [2.05, 4.69) is 5.32 Å². The second kappa shape index (κ2) is 8.47. The minimum absolute atomic E-state index is 0.00847. The van der Waals surface area contributed by atoms with Crippen LogP contribution in [-0.2, 0) is 19.4 Å². The summed E-state index contributed by atoms with van der Waals surface area (Å²) in [4.78, 5) is 38.7. The molecule has 0 atom stereocenters. The molecule has 1 aliphatic heterocycles. The van der Waals surface area contributed by atoms with Crippen LogP contribution in [0.15, 0.2) is 76.5 Å². The van der Waals surface area contributed by atoms with Gasteiger partial charge in [0, 0.05) is 5.69 Å². The smallest absolute Gasteiger partial charge is 0.337 e. The molecule has 1 heterocycles. The summed E-state index contributed by atoms with van der Waals surface area (Å²) in [6, 6.07) is 14.4. The molecule has 0 fully saturated rings. The van der Waals surface area contributed by atoms with Crippen molar-refractivity contribution in [1.82, 2.24) is 0 Å². The second-order valence-corrected chi connectivity index (χ2v) is 9.01. The third-order valence-electron chi connectivity index (χ3n) is 5.04. The minimum atomic E-state index is -4.14. The van der Waals surface area contributed by atoms with Gasteiger partial charge in [-0.1, -0.05) is 12.1 Å². The van der Waals surface area contributed by atoms with Crippen LogP contribution in [0.1, 0.15) is 20.7 Å². The monoisotopic (exact) mass is 468 g/mol. The molecular formula is C23H17FN2O6S. The highest BCUT2D eigenvalue weighted by molar-refractivity contribution is 7.91. The molecule has 0 unspecified atom stereocenters. The standard InChI is InChI=1S/C23H17FN2O6S/c1-32-23(29)14-6-11-20-18(12-14)26(13-21(27)25-16-9-7-15(24)8-10-16)22(28)17-4-2-3-5-19(17)33(20,30)31/h2-12H,13H2,1H3,(H,25,27). The van der Waals surface area contributed by atoms with Gasteiger partial charge >= 0.3 is 5.97 Å². The first-order valence-electron chi connectivity index (χ1n) is 9.66. The number of carbonyl (C=O) groups is 3. The molecule has 2 amide bonds. The number of anilines is 2. The van der Waals surface area contributed by atoms with Gasteiger partial charge in [0.15, 0.2) is 0 Å². The van der Waals surface area contributed by atoms with Crippen LogP contribution in [0.2, 0.25) is 0 Å². The van der Waals surface area contributed by atoms with E-state index in [1.165, 1.54) is 61.7 Å². The molecule has 10 heteroatoms. The van der Waals surface area contributed by atoms with E-state index in [-0.39, 0.29) is 26.6 Å². The van der Waals surface area contributed by atoms with Gasteiger partial charge in [-0.25, -0.2) is 17.6 Å². The summed E-state index contributed by atoms with van der Waals surface area (Å²) < 4.78 is 44.5. The maximum Gasteiger partial charge on any atom is 0.337 e. The summed E-state index contributed by atoms with van der Waals surface area (Å²) in [6.07, 6.45) is 0. The van der Waals surface area contributed by atoms with Crippen LogP contribution in [0.25, 0.3) is 0 Å². The van der Waals surface area contributed by atoms with Crippen LogP contribution >= 0.6 is 0 Å².